The van der Waals surface area contributed by atoms with Gasteiger partial charge in [0.2, 0.25) is 0 Å². The van der Waals surface area contributed by atoms with E-state index in [0.29, 0.717) is 38.2 Å². The molecule has 21 heavy (non-hydrogen) atoms. The second kappa shape index (κ2) is 9.05. The van der Waals surface area contributed by atoms with Crippen LogP contribution in [0.1, 0.15) is 33.6 Å². The molecule has 1 atom stereocenters. The number of hydrogen-bond donors (Lipinski definition) is 2. The van der Waals surface area contributed by atoms with Gasteiger partial charge in [-0.15, -0.1) is 0 Å². The van der Waals surface area contributed by atoms with Gasteiger partial charge >= 0.3 is 0 Å². The molecule has 0 aromatic carbocycles. The molecule has 1 fully saturated rings. The van der Waals surface area contributed by atoms with Gasteiger partial charge in [-0.2, -0.15) is 12.7 Å². The van der Waals surface area contributed by atoms with Crippen LogP contribution in [-0.2, 0) is 14.9 Å². The molecule has 0 aromatic rings. The second-order valence-electron chi connectivity index (χ2n) is 6.32. The van der Waals surface area contributed by atoms with Gasteiger partial charge in [0.25, 0.3) is 10.2 Å². The van der Waals surface area contributed by atoms with E-state index in [2.05, 4.69) is 23.9 Å². The Balaban J connectivity index is 2.34. The summed E-state index contributed by atoms with van der Waals surface area (Å²) in [5.74, 6) is 0.754. The first kappa shape index (κ1) is 18.8. The van der Waals surface area contributed by atoms with Crippen LogP contribution in [0.5, 0.6) is 0 Å². The highest BCUT2D eigenvalue weighted by Crippen LogP contribution is 2.18. The molecule has 1 heterocycles. The Hall–Kier alpha value is -0.210. The fraction of sp³-hybridized carbons (Fsp3) is 1.00. The van der Waals surface area contributed by atoms with Gasteiger partial charge in [0, 0.05) is 39.4 Å². The molecule has 1 saturated heterocycles. The first-order chi connectivity index (χ1) is 9.85. The maximum absolute atomic E-state index is 12.2. The van der Waals surface area contributed by atoms with E-state index in [1.165, 1.54) is 0 Å². The lowest BCUT2D eigenvalue weighted by molar-refractivity contribution is 0.160. The van der Waals surface area contributed by atoms with Crippen LogP contribution in [0, 0.1) is 11.8 Å². The highest BCUT2D eigenvalue weighted by molar-refractivity contribution is 7.87. The van der Waals surface area contributed by atoms with Gasteiger partial charge in [-0.05, 0) is 31.2 Å². The van der Waals surface area contributed by atoms with E-state index >= 15 is 0 Å². The summed E-state index contributed by atoms with van der Waals surface area (Å²) in [6.45, 7) is 9.41. The number of ether oxygens (including phenoxy) is 1. The zero-order chi connectivity index (χ0) is 15.9. The first-order valence-electron chi connectivity index (χ1n) is 7.82. The number of nitrogens with one attached hydrogen (secondary N) is 2. The summed E-state index contributed by atoms with van der Waals surface area (Å²) < 4.78 is 33.7. The van der Waals surface area contributed by atoms with E-state index in [1.54, 1.807) is 11.4 Å². The molecule has 6 nitrogen and oxygen atoms in total. The minimum Gasteiger partial charge on any atom is -0.384 e. The Bertz CT molecular complexity index is 379. The van der Waals surface area contributed by atoms with Crippen molar-refractivity contribution in [2.45, 2.75) is 39.7 Å². The molecule has 126 valence electrons. The molecule has 0 spiro atoms. The second-order valence-corrected chi connectivity index (χ2v) is 8.07. The maximum Gasteiger partial charge on any atom is 0.279 e. The zero-order valence-corrected chi connectivity index (χ0v) is 14.6. The lowest BCUT2D eigenvalue weighted by Crippen LogP contribution is -2.47. The molecule has 0 bridgehead atoms. The van der Waals surface area contributed by atoms with E-state index in [1.807, 2.05) is 6.92 Å². The fourth-order valence-electron chi connectivity index (χ4n) is 2.44. The molecule has 7 heteroatoms. The Morgan fingerprint density at radius 3 is 2.38 bits per heavy atom. The molecular weight excluding hydrogens is 290 g/mol. The SMILES string of the molecule is COCC(C)CNS(=O)(=O)N1CCC(CNC(C)C)CC1. The van der Waals surface area contributed by atoms with Crippen LogP contribution in [0.25, 0.3) is 0 Å². The van der Waals surface area contributed by atoms with Gasteiger partial charge in [-0.1, -0.05) is 20.8 Å². The van der Waals surface area contributed by atoms with E-state index in [0.717, 1.165) is 19.4 Å². The smallest absolute Gasteiger partial charge is 0.279 e. The number of methoxy groups -OCH3 is 1. The number of hydrogen-bond acceptors (Lipinski definition) is 4. The molecule has 1 unspecified atom stereocenters. The topological polar surface area (TPSA) is 70.7 Å². The summed E-state index contributed by atoms with van der Waals surface area (Å²) >= 11 is 0. The van der Waals surface area contributed by atoms with Crippen molar-refractivity contribution in [1.82, 2.24) is 14.3 Å². The van der Waals surface area contributed by atoms with Crippen molar-refractivity contribution in [3.8, 4) is 0 Å². The quantitative estimate of drug-likeness (QED) is 0.659. The van der Waals surface area contributed by atoms with Crippen LogP contribution in [0.4, 0.5) is 0 Å². The predicted molar refractivity (Wildman–Crippen MR) is 85.4 cm³/mol. The molecule has 2 N–H and O–H groups in total. The van der Waals surface area contributed by atoms with E-state index in [4.69, 9.17) is 4.74 Å². The van der Waals surface area contributed by atoms with Crippen LogP contribution >= 0.6 is 0 Å². The predicted octanol–water partition coefficient (Wildman–Crippen LogP) is 0.813. The van der Waals surface area contributed by atoms with Crippen molar-refractivity contribution < 1.29 is 13.2 Å². The maximum atomic E-state index is 12.2. The molecular formula is C14H31N3O3S. The van der Waals surface area contributed by atoms with Gasteiger partial charge < -0.3 is 10.1 Å². The average Bonchev–Trinajstić information content (AvgIpc) is 2.44. The molecule has 1 rings (SSSR count). The molecule has 1 aliphatic heterocycles. The number of rotatable bonds is 9. The van der Waals surface area contributed by atoms with Gasteiger partial charge in [-0.25, -0.2) is 4.72 Å². The third-order valence-electron chi connectivity index (χ3n) is 3.79. The van der Waals surface area contributed by atoms with E-state index in [-0.39, 0.29) is 5.92 Å². The molecule has 0 aliphatic carbocycles. The normalized spacial score (nSPS) is 20.0. The van der Waals surface area contributed by atoms with Gasteiger partial charge in [0.1, 0.15) is 0 Å². The highest BCUT2D eigenvalue weighted by Gasteiger charge is 2.27. The lowest BCUT2D eigenvalue weighted by Gasteiger charge is -2.32. The molecule has 0 aromatic heterocycles. The van der Waals surface area contributed by atoms with Crippen LogP contribution in [-0.4, -0.2) is 58.7 Å². The van der Waals surface area contributed by atoms with Crippen molar-refractivity contribution in [3.63, 3.8) is 0 Å². The van der Waals surface area contributed by atoms with Gasteiger partial charge in [0.05, 0.1) is 0 Å². The summed E-state index contributed by atoms with van der Waals surface area (Å²) in [4.78, 5) is 0. The summed E-state index contributed by atoms with van der Waals surface area (Å²) in [6, 6.07) is 0.482. The molecule has 0 saturated carbocycles. The van der Waals surface area contributed by atoms with Crippen molar-refractivity contribution in [2.24, 2.45) is 11.8 Å². The van der Waals surface area contributed by atoms with Crippen LogP contribution in [0.2, 0.25) is 0 Å². The Labute approximate surface area is 129 Å². The minimum atomic E-state index is -3.34. The Morgan fingerprint density at radius 1 is 1.24 bits per heavy atom. The molecule has 0 radical (unpaired) electrons. The number of nitrogens with zero attached hydrogens (tertiary/aromatic N) is 1. The molecule has 1 aliphatic rings. The van der Waals surface area contributed by atoms with Gasteiger partial charge in [-0.3, -0.25) is 0 Å². The van der Waals surface area contributed by atoms with Crippen LogP contribution < -0.4 is 10.0 Å². The largest absolute Gasteiger partial charge is 0.384 e. The fourth-order valence-corrected chi connectivity index (χ4v) is 3.81. The summed E-state index contributed by atoms with van der Waals surface area (Å²) in [7, 11) is -1.72. The minimum absolute atomic E-state index is 0.178. The van der Waals surface area contributed by atoms with Gasteiger partial charge in [0.15, 0.2) is 0 Å². The third kappa shape index (κ3) is 7.06. The summed E-state index contributed by atoms with van der Waals surface area (Å²) in [5, 5.41) is 3.43. The van der Waals surface area contributed by atoms with Crippen molar-refractivity contribution in [3.05, 3.63) is 0 Å². The van der Waals surface area contributed by atoms with Crippen LogP contribution in [0.15, 0.2) is 0 Å². The highest BCUT2D eigenvalue weighted by atomic mass is 32.2. The third-order valence-corrected chi connectivity index (χ3v) is 5.37. The monoisotopic (exact) mass is 321 g/mol. The average molecular weight is 321 g/mol. The first-order valence-corrected chi connectivity index (χ1v) is 9.26. The summed E-state index contributed by atoms with van der Waals surface area (Å²) in [6.07, 6.45) is 1.85. The van der Waals surface area contributed by atoms with Crippen molar-refractivity contribution in [1.29, 1.82) is 0 Å². The number of piperidine rings is 1. The van der Waals surface area contributed by atoms with Crippen molar-refractivity contribution in [2.75, 3.05) is 39.9 Å². The standard InChI is InChI=1S/C14H31N3O3S/c1-12(2)15-10-14-5-7-17(8-6-14)21(18,19)16-9-13(3)11-20-4/h12-16H,5-11H2,1-4H3. The Kier molecular flexibility index (Phi) is 8.12. The lowest BCUT2D eigenvalue weighted by atomic mass is 9.98. The zero-order valence-electron chi connectivity index (χ0n) is 13.8. The van der Waals surface area contributed by atoms with E-state index in [9.17, 15) is 8.42 Å². The van der Waals surface area contributed by atoms with Crippen molar-refractivity contribution >= 4 is 10.2 Å². The Morgan fingerprint density at radius 2 is 1.86 bits per heavy atom. The van der Waals surface area contributed by atoms with E-state index < -0.39 is 10.2 Å². The van der Waals surface area contributed by atoms with Crippen LogP contribution in [0.3, 0.4) is 0 Å². The molecule has 0 amide bonds. The summed E-state index contributed by atoms with van der Waals surface area (Å²) in [5.41, 5.74) is 0.